The van der Waals surface area contributed by atoms with Gasteiger partial charge in [0.2, 0.25) is 5.91 Å². The Kier molecular flexibility index (Phi) is 6.13. The maximum atomic E-state index is 13.0. The monoisotopic (exact) mass is 372 g/mol. The molecule has 2 aliphatic rings. The SMILES string of the molecule is COC(=O)N[C@H](C(=O)N1CC2(C[C@H]1C(=O)O)O[C@@H](C)C[C@H](C)O2)C(C)C. The van der Waals surface area contributed by atoms with Crippen LogP contribution < -0.4 is 5.32 Å². The summed E-state index contributed by atoms with van der Waals surface area (Å²) in [4.78, 5) is 37.6. The number of nitrogens with zero attached hydrogens (tertiary/aromatic N) is 1. The van der Waals surface area contributed by atoms with Crippen molar-refractivity contribution in [2.75, 3.05) is 13.7 Å². The molecule has 0 aromatic rings. The molecule has 0 radical (unpaired) electrons. The van der Waals surface area contributed by atoms with Crippen molar-refractivity contribution < 1.29 is 33.7 Å². The van der Waals surface area contributed by atoms with E-state index in [9.17, 15) is 19.5 Å². The zero-order valence-corrected chi connectivity index (χ0v) is 15.9. The van der Waals surface area contributed by atoms with E-state index in [1.54, 1.807) is 13.8 Å². The Morgan fingerprint density at radius 2 is 1.81 bits per heavy atom. The lowest BCUT2D eigenvalue weighted by atomic mass is 10.0. The van der Waals surface area contributed by atoms with E-state index < -0.39 is 35.8 Å². The number of carboxylic acids is 1. The molecule has 2 heterocycles. The first kappa shape index (κ1) is 20.4. The van der Waals surface area contributed by atoms with Gasteiger partial charge in [0, 0.05) is 6.42 Å². The largest absolute Gasteiger partial charge is 0.480 e. The van der Waals surface area contributed by atoms with Crippen LogP contribution in [-0.2, 0) is 23.8 Å². The average molecular weight is 372 g/mol. The minimum atomic E-state index is -1.14. The fourth-order valence-corrected chi connectivity index (χ4v) is 3.66. The van der Waals surface area contributed by atoms with Crippen LogP contribution in [0.5, 0.6) is 0 Å². The van der Waals surface area contributed by atoms with Crippen LogP contribution in [0.1, 0.15) is 40.5 Å². The smallest absolute Gasteiger partial charge is 0.407 e. The van der Waals surface area contributed by atoms with E-state index in [1.165, 1.54) is 12.0 Å². The number of methoxy groups -OCH3 is 1. The van der Waals surface area contributed by atoms with Gasteiger partial charge < -0.3 is 29.5 Å². The number of ether oxygens (including phenoxy) is 3. The van der Waals surface area contributed by atoms with Gasteiger partial charge in [0.25, 0.3) is 0 Å². The summed E-state index contributed by atoms with van der Waals surface area (Å²) in [6, 6.07) is -1.99. The van der Waals surface area contributed by atoms with Crippen molar-refractivity contribution in [1.82, 2.24) is 10.2 Å². The number of carbonyl (C=O) groups is 3. The minimum Gasteiger partial charge on any atom is -0.480 e. The molecule has 9 nitrogen and oxygen atoms in total. The molecule has 2 N–H and O–H groups in total. The van der Waals surface area contributed by atoms with Gasteiger partial charge in [0.1, 0.15) is 12.1 Å². The van der Waals surface area contributed by atoms with Crippen LogP contribution in [0.4, 0.5) is 4.79 Å². The predicted octanol–water partition coefficient (Wildman–Crippen LogP) is 0.963. The second-order valence-electron chi connectivity index (χ2n) is 7.39. The Bertz CT molecular complexity index is 555. The van der Waals surface area contributed by atoms with Crippen molar-refractivity contribution in [2.45, 2.75) is 70.6 Å². The Morgan fingerprint density at radius 3 is 2.27 bits per heavy atom. The van der Waals surface area contributed by atoms with E-state index in [-0.39, 0.29) is 31.1 Å². The summed E-state index contributed by atoms with van der Waals surface area (Å²) >= 11 is 0. The van der Waals surface area contributed by atoms with Crippen LogP contribution in [0.25, 0.3) is 0 Å². The summed E-state index contributed by atoms with van der Waals surface area (Å²) < 4.78 is 16.4. The van der Waals surface area contributed by atoms with Gasteiger partial charge in [-0.05, 0) is 26.2 Å². The van der Waals surface area contributed by atoms with Crippen LogP contribution in [0.2, 0.25) is 0 Å². The lowest BCUT2D eigenvalue weighted by Crippen LogP contribution is -2.55. The lowest BCUT2D eigenvalue weighted by Gasteiger charge is -2.40. The zero-order chi connectivity index (χ0) is 19.6. The second-order valence-corrected chi connectivity index (χ2v) is 7.39. The summed E-state index contributed by atoms with van der Waals surface area (Å²) in [6.07, 6.45) is -0.197. The van der Waals surface area contributed by atoms with Gasteiger partial charge in [0.15, 0.2) is 5.79 Å². The minimum absolute atomic E-state index is 0.00352. The number of carboxylic acid groups (broad SMARTS) is 1. The van der Waals surface area contributed by atoms with Crippen molar-refractivity contribution in [3.63, 3.8) is 0 Å². The van der Waals surface area contributed by atoms with Crippen LogP contribution in [-0.4, -0.2) is 71.7 Å². The van der Waals surface area contributed by atoms with E-state index in [2.05, 4.69) is 10.1 Å². The summed E-state index contributed by atoms with van der Waals surface area (Å²) in [5.41, 5.74) is 0. The molecule has 0 unspecified atom stereocenters. The van der Waals surface area contributed by atoms with Gasteiger partial charge in [-0.1, -0.05) is 13.8 Å². The highest BCUT2D eigenvalue weighted by Gasteiger charge is 2.54. The maximum Gasteiger partial charge on any atom is 0.407 e. The van der Waals surface area contributed by atoms with E-state index in [4.69, 9.17) is 9.47 Å². The third-order valence-electron chi connectivity index (χ3n) is 4.75. The fraction of sp³-hybridized carbons (Fsp3) is 0.824. The summed E-state index contributed by atoms with van der Waals surface area (Å²) in [7, 11) is 1.20. The highest BCUT2D eigenvalue weighted by molar-refractivity contribution is 5.90. The van der Waals surface area contributed by atoms with E-state index >= 15 is 0 Å². The number of amides is 2. The summed E-state index contributed by atoms with van der Waals surface area (Å²) in [6.45, 7) is 7.33. The van der Waals surface area contributed by atoms with Gasteiger partial charge in [-0.15, -0.1) is 0 Å². The molecule has 2 fully saturated rings. The molecule has 148 valence electrons. The number of aliphatic carboxylic acids is 1. The highest BCUT2D eigenvalue weighted by atomic mass is 16.7. The summed E-state index contributed by atoms with van der Waals surface area (Å²) in [5, 5.41) is 12.1. The predicted molar refractivity (Wildman–Crippen MR) is 90.4 cm³/mol. The molecule has 2 saturated heterocycles. The highest BCUT2D eigenvalue weighted by Crippen LogP contribution is 2.38. The van der Waals surface area contributed by atoms with Gasteiger partial charge in [0.05, 0.1) is 25.9 Å². The van der Waals surface area contributed by atoms with E-state index in [1.807, 2.05) is 13.8 Å². The molecule has 0 aromatic heterocycles. The first-order valence-corrected chi connectivity index (χ1v) is 8.82. The number of carbonyl (C=O) groups excluding carboxylic acids is 2. The molecule has 2 amide bonds. The van der Waals surface area contributed by atoms with Gasteiger partial charge in [-0.25, -0.2) is 9.59 Å². The topological polar surface area (TPSA) is 114 Å². The van der Waals surface area contributed by atoms with Crippen molar-refractivity contribution in [3.8, 4) is 0 Å². The van der Waals surface area contributed by atoms with Gasteiger partial charge in [-0.3, -0.25) is 4.79 Å². The Morgan fingerprint density at radius 1 is 1.23 bits per heavy atom. The van der Waals surface area contributed by atoms with Crippen molar-refractivity contribution in [3.05, 3.63) is 0 Å². The molecule has 26 heavy (non-hydrogen) atoms. The first-order chi connectivity index (χ1) is 12.1. The van der Waals surface area contributed by atoms with Gasteiger partial charge >= 0.3 is 12.1 Å². The molecular formula is C17H28N2O7. The fourth-order valence-electron chi connectivity index (χ4n) is 3.66. The molecule has 0 bridgehead atoms. The number of likely N-dealkylation sites (tertiary alicyclic amines) is 1. The number of rotatable bonds is 4. The van der Waals surface area contributed by atoms with Crippen molar-refractivity contribution in [1.29, 1.82) is 0 Å². The third-order valence-corrected chi connectivity index (χ3v) is 4.75. The molecule has 2 aliphatic heterocycles. The van der Waals surface area contributed by atoms with Crippen LogP contribution >= 0.6 is 0 Å². The number of hydrogen-bond acceptors (Lipinski definition) is 6. The Labute approximate surface area is 152 Å². The molecule has 4 atom stereocenters. The number of hydrogen-bond donors (Lipinski definition) is 2. The van der Waals surface area contributed by atoms with Crippen LogP contribution in [0.15, 0.2) is 0 Å². The molecule has 0 saturated carbocycles. The van der Waals surface area contributed by atoms with E-state index in [0.29, 0.717) is 6.42 Å². The average Bonchev–Trinajstić information content (AvgIpc) is 2.89. The zero-order valence-electron chi connectivity index (χ0n) is 15.9. The molecule has 1 spiro atoms. The second kappa shape index (κ2) is 7.79. The lowest BCUT2D eigenvalue weighted by molar-refractivity contribution is -0.303. The molecule has 2 rings (SSSR count). The molecule has 9 heteroatoms. The van der Waals surface area contributed by atoms with Crippen LogP contribution in [0, 0.1) is 5.92 Å². The molecule has 0 aromatic carbocycles. The normalized spacial score (nSPS) is 32.5. The number of alkyl carbamates (subject to hydrolysis) is 1. The number of nitrogens with one attached hydrogen (secondary N) is 1. The quantitative estimate of drug-likeness (QED) is 0.755. The third kappa shape index (κ3) is 4.27. The van der Waals surface area contributed by atoms with Crippen molar-refractivity contribution >= 4 is 18.0 Å². The standard InChI is InChI=1S/C17H28N2O7/c1-9(2)13(18-16(23)24-5)14(20)19-8-17(7-12(19)15(21)22)25-10(3)6-11(4)26-17/h9-13H,6-8H2,1-5H3,(H,18,23)(H,21,22)/t10-,11-,12-,13-/m0/s1. The van der Waals surface area contributed by atoms with Crippen LogP contribution in [0.3, 0.4) is 0 Å². The Hall–Kier alpha value is -1.87. The Balaban J connectivity index is 2.25. The molecule has 0 aliphatic carbocycles. The first-order valence-electron chi connectivity index (χ1n) is 8.82. The molecular weight excluding hydrogens is 344 g/mol. The van der Waals surface area contributed by atoms with Crippen molar-refractivity contribution in [2.24, 2.45) is 5.92 Å². The van der Waals surface area contributed by atoms with E-state index in [0.717, 1.165) is 0 Å². The maximum absolute atomic E-state index is 13.0. The summed E-state index contributed by atoms with van der Waals surface area (Å²) in [5.74, 6) is -3.01. The van der Waals surface area contributed by atoms with Gasteiger partial charge in [-0.2, -0.15) is 0 Å².